The Kier molecular flexibility index (Phi) is 10.3. The number of primary amides is 1. The summed E-state index contributed by atoms with van der Waals surface area (Å²) in [7, 11) is 0. The van der Waals surface area contributed by atoms with E-state index < -0.39 is 5.91 Å². The minimum atomic E-state index is -0.621. The number of nitrogens with one attached hydrogen (secondary N) is 2. The quantitative estimate of drug-likeness (QED) is 0.348. The van der Waals surface area contributed by atoms with Crippen LogP contribution in [0.4, 0.5) is 0 Å². The third kappa shape index (κ3) is 12.9. The van der Waals surface area contributed by atoms with E-state index >= 15 is 0 Å². The van der Waals surface area contributed by atoms with E-state index in [1.165, 1.54) is 0 Å². The Hall–Kier alpha value is -1.14. The number of amides is 2. The molecule has 0 saturated carbocycles. The van der Waals surface area contributed by atoms with E-state index in [9.17, 15) is 9.59 Å². The first-order valence-electron chi connectivity index (χ1n) is 6.35. The normalized spacial score (nSPS) is 10.6. The van der Waals surface area contributed by atoms with Gasteiger partial charge in [-0.25, -0.2) is 0 Å². The average Bonchev–Trinajstić information content (AvgIpc) is 2.25. The fourth-order valence-electron chi connectivity index (χ4n) is 1.28. The standard InChI is InChI=1S/C12H25N3O3/c1-10(2)9-14-4-3-6-18-7-5-15-12(17)8-11(13)16/h10,14H,3-9H2,1-2H3,(H2,13,16)(H,15,17). The molecule has 0 fully saturated rings. The predicted octanol–water partition coefficient (Wildman–Crippen LogP) is -0.370. The van der Waals surface area contributed by atoms with Gasteiger partial charge in [-0.15, -0.1) is 0 Å². The lowest BCUT2D eigenvalue weighted by Gasteiger charge is -2.08. The van der Waals surface area contributed by atoms with Gasteiger partial charge in [-0.05, 0) is 25.4 Å². The summed E-state index contributed by atoms with van der Waals surface area (Å²) in [6.45, 7) is 7.81. The lowest BCUT2D eigenvalue weighted by atomic mass is 10.2. The molecule has 0 heterocycles. The monoisotopic (exact) mass is 259 g/mol. The fraction of sp³-hybridized carbons (Fsp3) is 0.833. The number of hydrogen-bond acceptors (Lipinski definition) is 4. The molecular formula is C12H25N3O3. The zero-order chi connectivity index (χ0) is 13.8. The molecule has 0 rings (SSSR count). The van der Waals surface area contributed by atoms with E-state index in [0.717, 1.165) is 19.5 Å². The maximum Gasteiger partial charge on any atom is 0.229 e. The van der Waals surface area contributed by atoms with Crippen LogP contribution in [0.5, 0.6) is 0 Å². The molecule has 6 nitrogen and oxygen atoms in total. The molecule has 0 unspecified atom stereocenters. The van der Waals surface area contributed by atoms with Gasteiger partial charge in [0.2, 0.25) is 11.8 Å². The Labute approximate surface area is 109 Å². The highest BCUT2D eigenvalue weighted by atomic mass is 16.5. The van der Waals surface area contributed by atoms with Crippen molar-refractivity contribution in [2.75, 3.05) is 32.8 Å². The Balaban J connectivity index is 3.16. The van der Waals surface area contributed by atoms with Crippen molar-refractivity contribution < 1.29 is 14.3 Å². The molecule has 2 amide bonds. The van der Waals surface area contributed by atoms with Crippen LogP contribution in [-0.2, 0) is 14.3 Å². The second kappa shape index (κ2) is 11.0. The van der Waals surface area contributed by atoms with Crippen LogP contribution in [-0.4, -0.2) is 44.7 Å². The first-order chi connectivity index (χ1) is 8.52. The van der Waals surface area contributed by atoms with Crippen molar-refractivity contribution in [2.24, 2.45) is 11.7 Å². The highest BCUT2D eigenvalue weighted by Crippen LogP contribution is 1.87. The van der Waals surface area contributed by atoms with Gasteiger partial charge in [0.1, 0.15) is 6.42 Å². The van der Waals surface area contributed by atoms with Crippen molar-refractivity contribution in [3.8, 4) is 0 Å². The molecule has 18 heavy (non-hydrogen) atoms. The smallest absolute Gasteiger partial charge is 0.229 e. The Bertz CT molecular complexity index is 245. The minimum absolute atomic E-state index is 0.265. The summed E-state index contributed by atoms with van der Waals surface area (Å²) in [5.74, 6) is -0.319. The number of carbonyl (C=O) groups is 2. The summed E-state index contributed by atoms with van der Waals surface area (Å²) in [5.41, 5.74) is 4.88. The molecule has 4 N–H and O–H groups in total. The van der Waals surface area contributed by atoms with E-state index in [1.807, 2.05) is 0 Å². The molecule has 106 valence electrons. The topological polar surface area (TPSA) is 93.4 Å². The highest BCUT2D eigenvalue weighted by molar-refractivity contribution is 5.95. The molecule has 0 bridgehead atoms. The van der Waals surface area contributed by atoms with Crippen molar-refractivity contribution in [1.82, 2.24) is 10.6 Å². The average molecular weight is 259 g/mol. The van der Waals surface area contributed by atoms with Crippen LogP contribution in [0, 0.1) is 5.92 Å². The molecule has 0 atom stereocenters. The number of hydrogen-bond donors (Lipinski definition) is 3. The molecule has 0 saturated heterocycles. The number of ether oxygens (including phenoxy) is 1. The van der Waals surface area contributed by atoms with Crippen molar-refractivity contribution in [1.29, 1.82) is 0 Å². The zero-order valence-corrected chi connectivity index (χ0v) is 11.3. The highest BCUT2D eigenvalue weighted by Gasteiger charge is 2.03. The van der Waals surface area contributed by atoms with E-state index in [4.69, 9.17) is 10.5 Å². The van der Waals surface area contributed by atoms with Crippen molar-refractivity contribution in [3.05, 3.63) is 0 Å². The largest absolute Gasteiger partial charge is 0.380 e. The number of nitrogens with two attached hydrogens (primary N) is 1. The van der Waals surface area contributed by atoms with Gasteiger partial charge in [-0.3, -0.25) is 9.59 Å². The van der Waals surface area contributed by atoms with Crippen LogP contribution >= 0.6 is 0 Å². The first-order valence-corrected chi connectivity index (χ1v) is 6.35. The van der Waals surface area contributed by atoms with Gasteiger partial charge < -0.3 is 21.1 Å². The summed E-state index contributed by atoms with van der Waals surface area (Å²) >= 11 is 0. The second-order valence-electron chi connectivity index (χ2n) is 4.56. The Morgan fingerprint density at radius 2 is 1.94 bits per heavy atom. The number of rotatable bonds is 11. The SMILES string of the molecule is CC(C)CNCCCOCCNC(=O)CC(N)=O. The van der Waals surface area contributed by atoms with E-state index in [1.54, 1.807) is 0 Å². The van der Waals surface area contributed by atoms with Crippen LogP contribution < -0.4 is 16.4 Å². The summed E-state index contributed by atoms with van der Waals surface area (Å²) in [6, 6.07) is 0. The van der Waals surface area contributed by atoms with Gasteiger partial charge in [-0.2, -0.15) is 0 Å². The minimum Gasteiger partial charge on any atom is -0.380 e. The molecule has 0 aromatic rings. The summed E-state index contributed by atoms with van der Waals surface area (Å²) in [6.07, 6.45) is 0.682. The first kappa shape index (κ1) is 16.9. The van der Waals surface area contributed by atoms with Crippen molar-refractivity contribution in [3.63, 3.8) is 0 Å². The second-order valence-corrected chi connectivity index (χ2v) is 4.56. The Morgan fingerprint density at radius 3 is 2.56 bits per heavy atom. The van der Waals surface area contributed by atoms with E-state index in [0.29, 0.717) is 25.7 Å². The third-order valence-electron chi connectivity index (χ3n) is 2.10. The molecule has 0 aromatic heterocycles. The molecule has 0 aliphatic rings. The lowest BCUT2D eigenvalue weighted by Crippen LogP contribution is -2.31. The molecule has 0 aromatic carbocycles. The van der Waals surface area contributed by atoms with Gasteiger partial charge in [0, 0.05) is 13.2 Å². The third-order valence-corrected chi connectivity index (χ3v) is 2.10. The van der Waals surface area contributed by atoms with E-state index in [-0.39, 0.29) is 12.3 Å². The molecular weight excluding hydrogens is 234 g/mol. The van der Waals surface area contributed by atoms with Gasteiger partial charge in [0.15, 0.2) is 0 Å². The Morgan fingerprint density at radius 1 is 1.22 bits per heavy atom. The fourth-order valence-corrected chi connectivity index (χ4v) is 1.28. The maximum absolute atomic E-state index is 11.0. The summed E-state index contributed by atoms with van der Waals surface area (Å²) in [4.78, 5) is 21.4. The molecule has 0 aliphatic carbocycles. The summed E-state index contributed by atoms with van der Waals surface area (Å²) < 4.78 is 5.33. The molecule has 0 spiro atoms. The van der Waals surface area contributed by atoms with Crippen LogP contribution in [0.3, 0.4) is 0 Å². The van der Waals surface area contributed by atoms with Crippen LogP contribution in [0.2, 0.25) is 0 Å². The summed E-state index contributed by atoms with van der Waals surface area (Å²) in [5, 5.41) is 5.87. The van der Waals surface area contributed by atoms with Crippen LogP contribution in [0.1, 0.15) is 26.7 Å². The molecule has 0 radical (unpaired) electrons. The predicted molar refractivity (Wildman–Crippen MR) is 70.0 cm³/mol. The van der Waals surface area contributed by atoms with Gasteiger partial charge >= 0.3 is 0 Å². The van der Waals surface area contributed by atoms with E-state index in [2.05, 4.69) is 24.5 Å². The maximum atomic E-state index is 11.0. The van der Waals surface area contributed by atoms with Crippen LogP contribution in [0.25, 0.3) is 0 Å². The number of carbonyl (C=O) groups excluding carboxylic acids is 2. The van der Waals surface area contributed by atoms with Gasteiger partial charge in [0.25, 0.3) is 0 Å². The van der Waals surface area contributed by atoms with Crippen LogP contribution in [0.15, 0.2) is 0 Å². The lowest BCUT2D eigenvalue weighted by molar-refractivity contribution is -0.127. The van der Waals surface area contributed by atoms with Gasteiger partial charge in [0.05, 0.1) is 6.61 Å². The molecule has 0 aliphatic heterocycles. The van der Waals surface area contributed by atoms with Crippen molar-refractivity contribution in [2.45, 2.75) is 26.7 Å². The van der Waals surface area contributed by atoms with Gasteiger partial charge in [-0.1, -0.05) is 13.8 Å². The zero-order valence-electron chi connectivity index (χ0n) is 11.3. The van der Waals surface area contributed by atoms with Crippen molar-refractivity contribution >= 4 is 11.8 Å². The molecule has 6 heteroatoms.